The number of hydrogen-bond donors (Lipinski definition) is 2. The molecule has 4 nitrogen and oxygen atoms in total. The maximum Gasteiger partial charge on any atom is 0.251 e. The Kier molecular flexibility index (Phi) is 5.14. The van der Waals surface area contributed by atoms with E-state index in [9.17, 15) is 4.79 Å². The average Bonchev–Trinajstić information content (AvgIpc) is 2.36. The molecular formula is C12H19N3OS2. The summed E-state index contributed by atoms with van der Waals surface area (Å²) in [6.45, 7) is 5.79. The maximum atomic E-state index is 11.7. The summed E-state index contributed by atoms with van der Waals surface area (Å²) < 4.78 is 0. The van der Waals surface area contributed by atoms with Gasteiger partial charge in [0.25, 0.3) is 5.56 Å². The molecule has 0 radical (unpaired) electrons. The van der Waals surface area contributed by atoms with Crippen molar-refractivity contribution in [3.05, 3.63) is 27.9 Å². The average molecular weight is 285 g/mol. The lowest BCUT2D eigenvalue weighted by Gasteiger charge is -2.27. The summed E-state index contributed by atoms with van der Waals surface area (Å²) in [4.78, 5) is 19.2. The first kappa shape index (κ1) is 14.0. The van der Waals surface area contributed by atoms with Crippen molar-refractivity contribution in [2.75, 3.05) is 18.1 Å². The van der Waals surface area contributed by atoms with Gasteiger partial charge in [-0.25, -0.2) is 4.98 Å². The normalized spacial score (nSPS) is 24.1. The summed E-state index contributed by atoms with van der Waals surface area (Å²) in [6.07, 6.45) is 0. The molecule has 1 aliphatic rings. The van der Waals surface area contributed by atoms with Crippen molar-refractivity contribution in [3.8, 4) is 0 Å². The lowest BCUT2D eigenvalue weighted by molar-refractivity contribution is 0.693. The van der Waals surface area contributed by atoms with Crippen molar-refractivity contribution in [1.29, 1.82) is 0 Å². The van der Waals surface area contributed by atoms with Crippen molar-refractivity contribution in [3.63, 3.8) is 0 Å². The summed E-state index contributed by atoms with van der Waals surface area (Å²) in [5.41, 5.74) is 0.787. The number of nitrogens with zero attached hydrogens (tertiary/aromatic N) is 1. The van der Waals surface area contributed by atoms with Crippen molar-refractivity contribution < 1.29 is 0 Å². The molecule has 1 aromatic rings. The van der Waals surface area contributed by atoms with E-state index >= 15 is 0 Å². The van der Waals surface area contributed by atoms with Gasteiger partial charge in [-0.3, -0.25) is 4.79 Å². The molecule has 2 rings (SSSR count). The lowest BCUT2D eigenvalue weighted by atomic mass is 10.3. The number of H-pyrrole nitrogens is 1. The van der Waals surface area contributed by atoms with Gasteiger partial charge in [0.2, 0.25) is 0 Å². The van der Waals surface area contributed by atoms with Crippen LogP contribution in [0.25, 0.3) is 0 Å². The summed E-state index contributed by atoms with van der Waals surface area (Å²) in [5, 5.41) is 4.01. The first-order valence-electron chi connectivity index (χ1n) is 6.24. The fraction of sp³-hybridized carbons (Fsp3) is 0.667. The quantitative estimate of drug-likeness (QED) is 0.883. The molecule has 0 spiro atoms. The van der Waals surface area contributed by atoms with Crippen LogP contribution in [0.1, 0.15) is 30.6 Å². The van der Waals surface area contributed by atoms with Crippen LogP contribution in [-0.2, 0) is 6.54 Å². The highest BCUT2D eigenvalue weighted by molar-refractivity contribution is 8.06. The minimum Gasteiger partial charge on any atom is -0.311 e. The lowest BCUT2D eigenvalue weighted by Crippen LogP contribution is -2.24. The van der Waals surface area contributed by atoms with Gasteiger partial charge in [-0.1, -0.05) is 13.8 Å². The molecule has 2 heterocycles. The molecule has 0 saturated carbocycles. The van der Waals surface area contributed by atoms with Crippen molar-refractivity contribution in [1.82, 2.24) is 15.3 Å². The zero-order valence-corrected chi connectivity index (χ0v) is 12.4. The maximum absolute atomic E-state index is 11.7. The van der Waals surface area contributed by atoms with Crippen molar-refractivity contribution >= 4 is 23.5 Å². The van der Waals surface area contributed by atoms with E-state index in [1.165, 1.54) is 5.75 Å². The van der Waals surface area contributed by atoms with Crippen LogP contribution in [-0.4, -0.2) is 33.3 Å². The van der Waals surface area contributed by atoms with Gasteiger partial charge in [0.1, 0.15) is 5.82 Å². The molecule has 2 unspecified atom stereocenters. The Hall–Kier alpha value is -0.460. The van der Waals surface area contributed by atoms with Crippen LogP contribution < -0.4 is 10.9 Å². The SMILES string of the molecule is CCNCc1cc(=O)[nH]c(C2SCCSC2C)n1. The minimum absolute atomic E-state index is 0.0451. The van der Waals surface area contributed by atoms with Crippen molar-refractivity contribution in [2.45, 2.75) is 30.9 Å². The van der Waals surface area contributed by atoms with Gasteiger partial charge in [0.15, 0.2) is 0 Å². The number of thioether (sulfide) groups is 2. The largest absolute Gasteiger partial charge is 0.311 e. The number of hydrogen-bond acceptors (Lipinski definition) is 5. The third-order valence-electron chi connectivity index (χ3n) is 2.83. The number of aromatic amines is 1. The Morgan fingerprint density at radius 2 is 2.28 bits per heavy atom. The molecule has 0 bridgehead atoms. The third-order valence-corrected chi connectivity index (χ3v) is 5.93. The van der Waals surface area contributed by atoms with Crippen LogP contribution >= 0.6 is 23.5 Å². The molecule has 18 heavy (non-hydrogen) atoms. The highest BCUT2D eigenvalue weighted by Gasteiger charge is 2.26. The fourth-order valence-corrected chi connectivity index (χ4v) is 4.65. The first-order valence-corrected chi connectivity index (χ1v) is 8.34. The predicted molar refractivity (Wildman–Crippen MR) is 79.4 cm³/mol. The van der Waals surface area contributed by atoms with Crippen LogP contribution in [0.5, 0.6) is 0 Å². The van der Waals surface area contributed by atoms with E-state index in [4.69, 9.17) is 0 Å². The van der Waals surface area contributed by atoms with Gasteiger partial charge < -0.3 is 10.3 Å². The van der Waals surface area contributed by atoms with Crippen LogP contribution in [0.2, 0.25) is 0 Å². The van der Waals surface area contributed by atoms with Gasteiger partial charge in [0, 0.05) is 29.4 Å². The van der Waals surface area contributed by atoms with Crippen LogP contribution in [0.15, 0.2) is 10.9 Å². The predicted octanol–water partition coefficient (Wildman–Crippen LogP) is 1.79. The summed E-state index contributed by atoms with van der Waals surface area (Å²) in [6, 6.07) is 1.58. The Labute approximate surface area is 116 Å². The number of nitrogens with one attached hydrogen (secondary N) is 2. The second-order valence-electron chi connectivity index (χ2n) is 4.27. The molecule has 2 N–H and O–H groups in total. The van der Waals surface area contributed by atoms with Gasteiger partial charge in [-0.05, 0) is 6.54 Å². The number of rotatable bonds is 4. The Bertz CT molecular complexity index is 449. The van der Waals surface area contributed by atoms with Crippen LogP contribution in [0.4, 0.5) is 0 Å². The topological polar surface area (TPSA) is 57.8 Å². The smallest absolute Gasteiger partial charge is 0.251 e. The fourth-order valence-electron chi connectivity index (χ4n) is 1.94. The Balaban J connectivity index is 2.21. The van der Waals surface area contributed by atoms with E-state index in [0.29, 0.717) is 17.0 Å². The first-order chi connectivity index (χ1) is 8.70. The van der Waals surface area contributed by atoms with Gasteiger partial charge in [-0.15, -0.1) is 11.8 Å². The highest BCUT2D eigenvalue weighted by atomic mass is 32.2. The van der Waals surface area contributed by atoms with Crippen LogP contribution in [0, 0.1) is 0 Å². The molecular weight excluding hydrogens is 266 g/mol. The minimum atomic E-state index is -0.0451. The summed E-state index contributed by atoms with van der Waals surface area (Å²) in [5.74, 6) is 3.14. The van der Waals surface area contributed by atoms with E-state index < -0.39 is 0 Å². The molecule has 1 aromatic heterocycles. The third kappa shape index (κ3) is 3.52. The molecule has 6 heteroatoms. The highest BCUT2D eigenvalue weighted by Crippen LogP contribution is 2.40. The van der Waals surface area contributed by atoms with Gasteiger partial charge >= 0.3 is 0 Å². The zero-order valence-electron chi connectivity index (χ0n) is 10.7. The molecule has 100 valence electrons. The molecule has 2 atom stereocenters. The van der Waals surface area contributed by atoms with Crippen LogP contribution in [0.3, 0.4) is 0 Å². The van der Waals surface area contributed by atoms with Gasteiger partial charge in [-0.2, -0.15) is 11.8 Å². The monoisotopic (exact) mass is 285 g/mol. The molecule has 0 aliphatic carbocycles. The van der Waals surface area contributed by atoms with E-state index in [-0.39, 0.29) is 5.56 Å². The van der Waals surface area contributed by atoms with E-state index in [1.807, 2.05) is 30.4 Å². The molecule has 0 amide bonds. The summed E-state index contributed by atoms with van der Waals surface area (Å²) in [7, 11) is 0. The van der Waals surface area contributed by atoms with Gasteiger partial charge in [0.05, 0.1) is 10.9 Å². The molecule has 1 saturated heterocycles. The van der Waals surface area contributed by atoms with E-state index in [0.717, 1.165) is 23.8 Å². The van der Waals surface area contributed by atoms with Crippen molar-refractivity contribution in [2.24, 2.45) is 0 Å². The molecule has 1 fully saturated rings. The standard InChI is InChI=1S/C12H19N3OS2/c1-3-13-7-9-6-10(16)15-12(14-9)11-8(2)17-4-5-18-11/h6,8,11,13H,3-5,7H2,1-2H3,(H,14,15,16). The number of aromatic nitrogens is 2. The molecule has 1 aliphatic heterocycles. The zero-order chi connectivity index (χ0) is 13.0. The van der Waals surface area contributed by atoms with E-state index in [2.05, 4.69) is 22.2 Å². The Morgan fingerprint density at radius 1 is 1.50 bits per heavy atom. The second-order valence-corrected chi connectivity index (χ2v) is 7.00. The van der Waals surface area contributed by atoms with E-state index in [1.54, 1.807) is 6.07 Å². The summed E-state index contributed by atoms with van der Waals surface area (Å²) >= 11 is 3.84. The second kappa shape index (κ2) is 6.63. The molecule has 0 aromatic carbocycles. The Morgan fingerprint density at radius 3 is 3.00 bits per heavy atom.